The van der Waals surface area contributed by atoms with E-state index in [1.807, 2.05) is 0 Å². The van der Waals surface area contributed by atoms with Crippen molar-refractivity contribution < 1.29 is 9.50 Å². The van der Waals surface area contributed by atoms with Gasteiger partial charge in [-0.15, -0.1) is 0 Å². The highest BCUT2D eigenvalue weighted by molar-refractivity contribution is 5.23. The third-order valence-electron chi connectivity index (χ3n) is 3.39. The first-order valence-electron chi connectivity index (χ1n) is 6.40. The molecule has 2 rings (SSSR count). The lowest BCUT2D eigenvalue weighted by atomic mass is 10.1. The zero-order valence-electron chi connectivity index (χ0n) is 10.2. The average Bonchev–Trinajstić information content (AvgIpc) is 2.60. The fourth-order valence-electron chi connectivity index (χ4n) is 2.35. The molecule has 0 radical (unpaired) electrons. The monoisotopic (exact) mass is 237 g/mol. The van der Waals surface area contributed by atoms with Crippen LogP contribution in [0.25, 0.3) is 0 Å². The van der Waals surface area contributed by atoms with E-state index in [1.165, 1.54) is 31.7 Å². The van der Waals surface area contributed by atoms with Crippen LogP contribution < -0.4 is 0 Å². The predicted octanol–water partition coefficient (Wildman–Crippen LogP) is 2.69. The first-order valence-corrected chi connectivity index (χ1v) is 6.40. The molecule has 0 spiro atoms. The summed E-state index contributed by atoms with van der Waals surface area (Å²) in [6.45, 7) is 2.74. The molecule has 0 aliphatic carbocycles. The standard InChI is InChI=1S/C14H20FNO/c15-14-9-12(11-17)5-6-13(14)10-16-7-3-1-2-4-8-16/h5-6,9,17H,1-4,7-8,10-11H2. The van der Waals surface area contributed by atoms with E-state index in [1.54, 1.807) is 12.1 Å². The number of likely N-dealkylation sites (tertiary alicyclic amines) is 1. The van der Waals surface area contributed by atoms with E-state index in [0.29, 0.717) is 12.1 Å². The molecular weight excluding hydrogens is 217 g/mol. The molecule has 1 aliphatic rings. The van der Waals surface area contributed by atoms with E-state index in [2.05, 4.69) is 4.90 Å². The van der Waals surface area contributed by atoms with Crippen molar-refractivity contribution in [3.05, 3.63) is 35.1 Å². The minimum absolute atomic E-state index is 0.0963. The van der Waals surface area contributed by atoms with E-state index in [-0.39, 0.29) is 12.4 Å². The molecule has 94 valence electrons. The van der Waals surface area contributed by atoms with Crippen LogP contribution in [0.3, 0.4) is 0 Å². The van der Waals surface area contributed by atoms with Crippen molar-refractivity contribution in [1.82, 2.24) is 4.90 Å². The summed E-state index contributed by atoms with van der Waals surface area (Å²) < 4.78 is 13.8. The van der Waals surface area contributed by atoms with Crippen molar-refractivity contribution in [2.24, 2.45) is 0 Å². The van der Waals surface area contributed by atoms with Gasteiger partial charge in [0, 0.05) is 12.1 Å². The Morgan fingerprint density at radius 2 is 1.82 bits per heavy atom. The molecule has 0 unspecified atom stereocenters. The zero-order valence-corrected chi connectivity index (χ0v) is 10.2. The maximum atomic E-state index is 13.8. The predicted molar refractivity (Wildman–Crippen MR) is 66.1 cm³/mol. The number of hydrogen-bond donors (Lipinski definition) is 1. The van der Waals surface area contributed by atoms with Gasteiger partial charge in [0.25, 0.3) is 0 Å². The summed E-state index contributed by atoms with van der Waals surface area (Å²) in [5.74, 6) is -0.194. The second-order valence-corrected chi connectivity index (χ2v) is 4.77. The summed E-state index contributed by atoms with van der Waals surface area (Å²) in [5.41, 5.74) is 1.38. The molecule has 1 N–H and O–H groups in total. The van der Waals surface area contributed by atoms with Crippen molar-refractivity contribution in [2.45, 2.75) is 38.8 Å². The van der Waals surface area contributed by atoms with Crippen molar-refractivity contribution >= 4 is 0 Å². The average molecular weight is 237 g/mol. The molecule has 1 fully saturated rings. The molecule has 2 nitrogen and oxygen atoms in total. The molecule has 0 bridgehead atoms. The first-order chi connectivity index (χ1) is 8.29. The highest BCUT2D eigenvalue weighted by Gasteiger charge is 2.12. The Hall–Kier alpha value is -0.930. The summed E-state index contributed by atoms with van der Waals surface area (Å²) in [6.07, 6.45) is 5.03. The fourth-order valence-corrected chi connectivity index (χ4v) is 2.35. The van der Waals surface area contributed by atoms with Gasteiger partial charge in [0.1, 0.15) is 5.82 Å². The number of aliphatic hydroxyl groups is 1. The van der Waals surface area contributed by atoms with E-state index in [9.17, 15) is 4.39 Å². The quantitative estimate of drug-likeness (QED) is 0.873. The fraction of sp³-hybridized carbons (Fsp3) is 0.571. The van der Waals surface area contributed by atoms with Crippen LogP contribution in [0.2, 0.25) is 0 Å². The minimum atomic E-state index is -0.194. The van der Waals surface area contributed by atoms with Gasteiger partial charge in [0.2, 0.25) is 0 Å². The van der Waals surface area contributed by atoms with E-state index in [0.717, 1.165) is 18.7 Å². The third kappa shape index (κ3) is 3.51. The second kappa shape index (κ2) is 6.12. The molecule has 1 saturated heterocycles. The molecule has 0 aromatic heterocycles. The van der Waals surface area contributed by atoms with Crippen molar-refractivity contribution in [2.75, 3.05) is 13.1 Å². The second-order valence-electron chi connectivity index (χ2n) is 4.77. The Morgan fingerprint density at radius 1 is 1.12 bits per heavy atom. The van der Waals surface area contributed by atoms with Crippen LogP contribution in [0.5, 0.6) is 0 Å². The summed E-state index contributed by atoms with van der Waals surface area (Å²) in [5, 5.41) is 8.93. The topological polar surface area (TPSA) is 23.5 Å². The SMILES string of the molecule is OCc1ccc(CN2CCCCCC2)c(F)c1. The van der Waals surface area contributed by atoms with Gasteiger partial charge in [-0.05, 0) is 37.6 Å². The van der Waals surface area contributed by atoms with E-state index in [4.69, 9.17) is 5.11 Å². The molecule has 1 aliphatic heterocycles. The maximum Gasteiger partial charge on any atom is 0.128 e. The van der Waals surface area contributed by atoms with E-state index >= 15 is 0 Å². The number of nitrogens with zero attached hydrogens (tertiary/aromatic N) is 1. The summed E-state index contributed by atoms with van der Waals surface area (Å²) in [6, 6.07) is 5.04. The Labute approximate surface area is 102 Å². The Bertz CT molecular complexity index is 359. The van der Waals surface area contributed by atoms with Crippen molar-refractivity contribution in [1.29, 1.82) is 0 Å². The lowest BCUT2D eigenvalue weighted by Gasteiger charge is -2.20. The Balaban J connectivity index is 2.01. The number of aliphatic hydroxyl groups excluding tert-OH is 1. The van der Waals surface area contributed by atoms with Crippen LogP contribution in [0.4, 0.5) is 4.39 Å². The summed E-state index contributed by atoms with van der Waals surface area (Å²) >= 11 is 0. The molecule has 0 saturated carbocycles. The highest BCUT2D eigenvalue weighted by atomic mass is 19.1. The van der Waals surface area contributed by atoms with Crippen LogP contribution in [0.15, 0.2) is 18.2 Å². The molecular formula is C14H20FNO. The zero-order chi connectivity index (χ0) is 12.1. The summed E-state index contributed by atoms with van der Waals surface area (Å²) in [4.78, 5) is 2.32. The number of halogens is 1. The van der Waals surface area contributed by atoms with Gasteiger partial charge >= 0.3 is 0 Å². The largest absolute Gasteiger partial charge is 0.392 e. The van der Waals surface area contributed by atoms with Crippen LogP contribution in [-0.4, -0.2) is 23.1 Å². The molecule has 3 heteroatoms. The lowest BCUT2D eigenvalue weighted by molar-refractivity contribution is 0.271. The van der Waals surface area contributed by atoms with Crippen LogP contribution in [0, 0.1) is 5.82 Å². The van der Waals surface area contributed by atoms with Crippen LogP contribution in [0.1, 0.15) is 36.8 Å². The maximum absolute atomic E-state index is 13.8. The molecule has 1 heterocycles. The van der Waals surface area contributed by atoms with Crippen molar-refractivity contribution in [3.8, 4) is 0 Å². The Kier molecular flexibility index (Phi) is 4.51. The van der Waals surface area contributed by atoms with E-state index < -0.39 is 0 Å². The summed E-state index contributed by atoms with van der Waals surface area (Å²) in [7, 11) is 0. The third-order valence-corrected chi connectivity index (χ3v) is 3.39. The molecule has 17 heavy (non-hydrogen) atoms. The minimum Gasteiger partial charge on any atom is -0.392 e. The number of hydrogen-bond acceptors (Lipinski definition) is 2. The highest BCUT2D eigenvalue weighted by Crippen LogP contribution is 2.16. The van der Waals surface area contributed by atoms with Gasteiger partial charge in [-0.2, -0.15) is 0 Å². The van der Waals surface area contributed by atoms with Crippen LogP contribution >= 0.6 is 0 Å². The lowest BCUT2D eigenvalue weighted by Crippen LogP contribution is -2.24. The first kappa shape index (κ1) is 12.5. The Morgan fingerprint density at radius 3 is 2.41 bits per heavy atom. The van der Waals surface area contributed by atoms with Gasteiger partial charge in [0.15, 0.2) is 0 Å². The number of rotatable bonds is 3. The molecule has 0 atom stereocenters. The van der Waals surface area contributed by atoms with Gasteiger partial charge in [-0.1, -0.05) is 25.0 Å². The number of benzene rings is 1. The van der Waals surface area contributed by atoms with Gasteiger partial charge in [-0.3, -0.25) is 4.90 Å². The molecule has 1 aromatic carbocycles. The van der Waals surface area contributed by atoms with Gasteiger partial charge < -0.3 is 5.11 Å². The molecule has 1 aromatic rings. The van der Waals surface area contributed by atoms with Gasteiger partial charge in [-0.25, -0.2) is 4.39 Å². The normalized spacial score (nSPS) is 18.0. The van der Waals surface area contributed by atoms with Crippen molar-refractivity contribution in [3.63, 3.8) is 0 Å². The molecule has 0 amide bonds. The van der Waals surface area contributed by atoms with Crippen LogP contribution in [-0.2, 0) is 13.2 Å². The smallest absolute Gasteiger partial charge is 0.128 e. The van der Waals surface area contributed by atoms with Gasteiger partial charge in [0.05, 0.1) is 6.61 Å².